The largest absolute Gasteiger partial charge is 0.374 e. The smallest absolute Gasteiger partial charge is 0.244 e. The number of imide groups is 1. The summed E-state index contributed by atoms with van der Waals surface area (Å²) >= 11 is 0. The van der Waals surface area contributed by atoms with E-state index < -0.39 is 12.3 Å². The van der Waals surface area contributed by atoms with Crippen molar-refractivity contribution in [2.24, 2.45) is 5.73 Å². The summed E-state index contributed by atoms with van der Waals surface area (Å²) in [5, 5.41) is 12.7. The number of nitrogens with two attached hydrogens (primary N) is 1. The van der Waals surface area contributed by atoms with Gasteiger partial charge in [0.2, 0.25) is 11.8 Å². The summed E-state index contributed by atoms with van der Waals surface area (Å²) in [6, 6.07) is 5.24. The lowest BCUT2D eigenvalue weighted by molar-refractivity contribution is -0.141. The van der Waals surface area contributed by atoms with E-state index in [1.807, 2.05) is 18.2 Å². The normalized spacial score (nSPS) is 26.5. The van der Waals surface area contributed by atoms with Gasteiger partial charge in [0.1, 0.15) is 6.23 Å². The topological polar surface area (TPSA) is 95.7 Å². The van der Waals surface area contributed by atoms with Crippen LogP contribution in [0.3, 0.4) is 0 Å². The van der Waals surface area contributed by atoms with Gasteiger partial charge < -0.3 is 10.8 Å². The Morgan fingerprint density at radius 1 is 1.40 bits per heavy atom. The minimum atomic E-state index is -0.805. The van der Waals surface area contributed by atoms with Crippen LogP contribution in [0.5, 0.6) is 0 Å². The molecule has 20 heavy (non-hydrogen) atoms. The Labute approximate surface area is 116 Å². The number of aliphatic hydroxyl groups excluding tert-OH is 1. The van der Waals surface area contributed by atoms with Crippen molar-refractivity contribution in [3.8, 4) is 0 Å². The predicted molar refractivity (Wildman–Crippen MR) is 71.0 cm³/mol. The SMILES string of the molecule is NCc1ccc2c(c1)CN(C1CCC(=O)NC1=O)C2O. The molecule has 2 atom stereocenters. The van der Waals surface area contributed by atoms with E-state index in [4.69, 9.17) is 5.73 Å². The molecule has 1 fully saturated rings. The van der Waals surface area contributed by atoms with Gasteiger partial charge in [0.05, 0.1) is 6.04 Å². The van der Waals surface area contributed by atoms with Crippen molar-refractivity contribution in [3.63, 3.8) is 0 Å². The van der Waals surface area contributed by atoms with Gasteiger partial charge in [0.15, 0.2) is 0 Å². The van der Waals surface area contributed by atoms with Crippen molar-refractivity contribution in [2.75, 3.05) is 0 Å². The Balaban J connectivity index is 1.84. The zero-order valence-electron chi connectivity index (χ0n) is 11.0. The van der Waals surface area contributed by atoms with Crippen LogP contribution in [0.25, 0.3) is 0 Å². The number of hydrogen-bond acceptors (Lipinski definition) is 5. The number of amides is 2. The van der Waals surface area contributed by atoms with E-state index in [0.29, 0.717) is 25.9 Å². The predicted octanol–water partition coefficient (Wildman–Crippen LogP) is -0.243. The van der Waals surface area contributed by atoms with Gasteiger partial charge in [-0.1, -0.05) is 18.2 Å². The number of piperidine rings is 1. The van der Waals surface area contributed by atoms with Gasteiger partial charge in [0.25, 0.3) is 0 Å². The lowest BCUT2D eigenvalue weighted by Crippen LogP contribution is -2.51. The molecule has 4 N–H and O–H groups in total. The number of carbonyl (C=O) groups is 2. The molecule has 1 aromatic carbocycles. The summed E-state index contributed by atoms with van der Waals surface area (Å²) < 4.78 is 0. The van der Waals surface area contributed by atoms with Gasteiger partial charge in [-0.2, -0.15) is 0 Å². The molecule has 2 unspecified atom stereocenters. The first-order chi connectivity index (χ1) is 9.60. The average molecular weight is 275 g/mol. The Morgan fingerprint density at radius 3 is 2.90 bits per heavy atom. The second-order valence-electron chi connectivity index (χ2n) is 5.25. The fourth-order valence-electron chi connectivity index (χ4n) is 2.92. The molecule has 0 aromatic heterocycles. The van der Waals surface area contributed by atoms with Gasteiger partial charge in [0, 0.05) is 19.5 Å². The standard InChI is InChI=1S/C14H17N3O3/c15-6-8-1-2-10-9(5-8)7-17(14(10)20)11-3-4-12(18)16-13(11)19/h1-2,5,11,14,20H,3-4,6-7,15H2,(H,16,18,19). The minimum absolute atomic E-state index is 0.247. The Morgan fingerprint density at radius 2 is 2.20 bits per heavy atom. The van der Waals surface area contributed by atoms with E-state index in [-0.39, 0.29) is 11.8 Å². The summed E-state index contributed by atoms with van der Waals surface area (Å²) in [6.45, 7) is 0.943. The van der Waals surface area contributed by atoms with Crippen molar-refractivity contribution < 1.29 is 14.7 Å². The van der Waals surface area contributed by atoms with Crippen LogP contribution in [0, 0.1) is 0 Å². The molecule has 2 heterocycles. The zero-order chi connectivity index (χ0) is 14.3. The maximum Gasteiger partial charge on any atom is 0.244 e. The van der Waals surface area contributed by atoms with Crippen LogP contribution >= 0.6 is 0 Å². The number of benzene rings is 1. The number of fused-ring (bicyclic) bond motifs is 1. The van der Waals surface area contributed by atoms with E-state index in [1.165, 1.54) is 0 Å². The fraction of sp³-hybridized carbons (Fsp3) is 0.429. The molecule has 0 bridgehead atoms. The first kappa shape index (κ1) is 13.2. The maximum absolute atomic E-state index is 11.9. The van der Waals surface area contributed by atoms with Crippen molar-refractivity contribution >= 4 is 11.8 Å². The molecule has 2 aliphatic rings. The highest BCUT2D eigenvalue weighted by Gasteiger charge is 2.39. The summed E-state index contributed by atoms with van der Waals surface area (Å²) in [6.07, 6.45) is -0.0514. The Bertz CT molecular complexity index is 573. The van der Waals surface area contributed by atoms with Gasteiger partial charge >= 0.3 is 0 Å². The second kappa shape index (κ2) is 4.97. The van der Waals surface area contributed by atoms with Crippen LogP contribution in [0.2, 0.25) is 0 Å². The molecule has 6 nitrogen and oxygen atoms in total. The van der Waals surface area contributed by atoms with E-state index >= 15 is 0 Å². The van der Waals surface area contributed by atoms with Crippen molar-refractivity contribution in [2.45, 2.75) is 38.2 Å². The number of aliphatic hydroxyl groups is 1. The van der Waals surface area contributed by atoms with Crippen molar-refractivity contribution in [1.29, 1.82) is 0 Å². The highest BCUT2D eigenvalue weighted by atomic mass is 16.3. The van der Waals surface area contributed by atoms with Crippen molar-refractivity contribution in [1.82, 2.24) is 10.2 Å². The van der Waals surface area contributed by atoms with Gasteiger partial charge in [-0.05, 0) is 23.1 Å². The molecule has 2 amide bonds. The summed E-state index contributed by atoms with van der Waals surface area (Å²) in [5.41, 5.74) is 8.42. The first-order valence-corrected chi connectivity index (χ1v) is 6.69. The molecular weight excluding hydrogens is 258 g/mol. The molecule has 1 aromatic rings. The summed E-state index contributed by atoms with van der Waals surface area (Å²) in [5.74, 6) is -0.574. The molecule has 0 saturated carbocycles. The number of nitrogens with zero attached hydrogens (tertiary/aromatic N) is 1. The molecule has 6 heteroatoms. The Kier molecular flexibility index (Phi) is 3.29. The number of hydrogen-bond donors (Lipinski definition) is 3. The van der Waals surface area contributed by atoms with Gasteiger partial charge in [-0.3, -0.25) is 19.8 Å². The van der Waals surface area contributed by atoms with Gasteiger partial charge in [-0.25, -0.2) is 0 Å². The first-order valence-electron chi connectivity index (χ1n) is 6.69. The highest BCUT2D eigenvalue weighted by molar-refractivity contribution is 6.00. The number of carbonyl (C=O) groups excluding carboxylic acids is 2. The Hall–Kier alpha value is -1.76. The monoisotopic (exact) mass is 275 g/mol. The summed E-state index contributed by atoms with van der Waals surface area (Å²) in [7, 11) is 0. The second-order valence-corrected chi connectivity index (χ2v) is 5.25. The molecule has 3 rings (SSSR count). The molecule has 0 spiro atoms. The van der Waals surface area contributed by atoms with E-state index in [0.717, 1.165) is 16.7 Å². The third kappa shape index (κ3) is 2.11. The van der Waals surface area contributed by atoms with Crippen LogP contribution in [-0.4, -0.2) is 27.9 Å². The maximum atomic E-state index is 11.9. The van der Waals surface area contributed by atoms with Crippen LogP contribution in [-0.2, 0) is 22.7 Å². The zero-order valence-corrected chi connectivity index (χ0v) is 11.0. The van der Waals surface area contributed by atoms with Crippen LogP contribution in [0.15, 0.2) is 18.2 Å². The van der Waals surface area contributed by atoms with Crippen LogP contribution in [0.1, 0.15) is 35.8 Å². The molecule has 0 aliphatic carbocycles. The molecule has 1 saturated heterocycles. The third-order valence-corrected chi connectivity index (χ3v) is 4.00. The third-order valence-electron chi connectivity index (χ3n) is 4.00. The molecule has 2 aliphatic heterocycles. The lowest BCUT2D eigenvalue weighted by Gasteiger charge is -2.31. The quantitative estimate of drug-likeness (QED) is 0.647. The fourth-order valence-corrected chi connectivity index (χ4v) is 2.92. The number of nitrogens with one attached hydrogen (secondary N) is 1. The van der Waals surface area contributed by atoms with Crippen molar-refractivity contribution in [3.05, 3.63) is 34.9 Å². The van der Waals surface area contributed by atoms with Crippen LogP contribution < -0.4 is 11.1 Å². The lowest BCUT2D eigenvalue weighted by atomic mass is 10.0. The molecule has 106 valence electrons. The van der Waals surface area contributed by atoms with Gasteiger partial charge in [-0.15, -0.1) is 0 Å². The van der Waals surface area contributed by atoms with Crippen LogP contribution in [0.4, 0.5) is 0 Å². The summed E-state index contributed by atoms with van der Waals surface area (Å²) in [4.78, 5) is 24.8. The average Bonchev–Trinajstić information content (AvgIpc) is 2.75. The van der Waals surface area contributed by atoms with E-state index in [1.54, 1.807) is 4.90 Å². The van der Waals surface area contributed by atoms with E-state index in [2.05, 4.69) is 5.32 Å². The molecule has 0 radical (unpaired) electrons. The number of rotatable bonds is 2. The van der Waals surface area contributed by atoms with E-state index in [9.17, 15) is 14.7 Å². The molecular formula is C14H17N3O3. The minimum Gasteiger partial charge on any atom is -0.374 e. The highest BCUT2D eigenvalue weighted by Crippen LogP contribution is 2.35.